The maximum absolute atomic E-state index is 11.7. The Hall–Kier alpha value is -1.93. The highest BCUT2D eigenvalue weighted by atomic mass is 32.2. The summed E-state index contributed by atoms with van der Waals surface area (Å²) in [5, 5.41) is 13.9. The second-order valence-electron chi connectivity index (χ2n) is 4.70. The van der Waals surface area contributed by atoms with Crippen LogP contribution < -0.4 is 5.14 Å². The van der Waals surface area contributed by atoms with E-state index in [4.69, 9.17) is 10.2 Å². The molecule has 1 atom stereocenters. The number of hydrogen-bond donors (Lipinski definition) is 2. The molecule has 1 aromatic carbocycles. The Morgan fingerprint density at radius 3 is 2.40 bits per heavy atom. The summed E-state index contributed by atoms with van der Waals surface area (Å²) in [4.78, 5) is 24.0. The van der Waals surface area contributed by atoms with E-state index >= 15 is 0 Å². The average Bonchev–Trinajstić information content (AvgIpc) is 2.71. The second-order valence-corrected chi connectivity index (χ2v) is 6.26. The fourth-order valence-corrected chi connectivity index (χ4v) is 2.61. The minimum atomic E-state index is -3.74. The molecule has 0 radical (unpaired) electrons. The third-order valence-corrected chi connectivity index (χ3v) is 4.12. The number of likely N-dealkylation sites (tertiary alicyclic amines) is 1. The van der Waals surface area contributed by atoms with Crippen molar-refractivity contribution in [3.63, 3.8) is 0 Å². The van der Waals surface area contributed by atoms with Gasteiger partial charge in [0.05, 0.1) is 10.8 Å². The van der Waals surface area contributed by atoms with Crippen LogP contribution in [0.2, 0.25) is 0 Å². The summed E-state index contributed by atoms with van der Waals surface area (Å²) in [6.45, 7) is 0.429. The summed E-state index contributed by atoms with van der Waals surface area (Å²) in [5.74, 6) is -1.87. The summed E-state index contributed by atoms with van der Waals surface area (Å²) in [6, 6.07) is 5.84. The van der Waals surface area contributed by atoms with E-state index in [1.807, 2.05) is 0 Å². The number of carboxylic acids is 1. The zero-order valence-electron chi connectivity index (χ0n) is 10.5. The van der Waals surface area contributed by atoms with Gasteiger partial charge in [-0.05, 0) is 17.7 Å². The van der Waals surface area contributed by atoms with E-state index in [9.17, 15) is 18.0 Å². The van der Waals surface area contributed by atoms with Crippen LogP contribution in [0.5, 0.6) is 0 Å². The molecule has 20 heavy (non-hydrogen) atoms. The minimum absolute atomic E-state index is 0.00240. The molecule has 1 aliphatic heterocycles. The van der Waals surface area contributed by atoms with Crippen molar-refractivity contribution in [3.8, 4) is 0 Å². The van der Waals surface area contributed by atoms with Gasteiger partial charge in [0.25, 0.3) is 0 Å². The van der Waals surface area contributed by atoms with Crippen LogP contribution in [-0.4, -0.2) is 36.8 Å². The lowest BCUT2D eigenvalue weighted by molar-refractivity contribution is -0.141. The maximum Gasteiger partial charge on any atom is 0.308 e. The van der Waals surface area contributed by atoms with Crippen LogP contribution in [-0.2, 0) is 26.2 Å². The van der Waals surface area contributed by atoms with Gasteiger partial charge in [-0.3, -0.25) is 9.59 Å². The molecule has 0 spiro atoms. The SMILES string of the molecule is NS(=O)(=O)c1ccc(CN2C[C@H](C(=O)O)CC2=O)cc1. The van der Waals surface area contributed by atoms with E-state index in [0.29, 0.717) is 0 Å². The predicted molar refractivity (Wildman–Crippen MR) is 69.0 cm³/mol. The van der Waals surface area contributed by atoms with Crippen LogP contribution in [0.25, 0.3) is 0 Å². The number of carbonyl (C=O) groups is 2. The first-order chi connectivity index (χ1) is 9.27. The largest absolute Gasteiger partial charge is 0.481 e. The number of rotatable bonds is 4. The van der Waals surface area contributed by atoms with Gasteiger partial charge in [0.15, 0.2) is 0 Å². The van der Waals surface area contributed by atoms with Gasteiger partial charge in [-0.15, -0.1) is 0 Å². The molecule has 108 valence electrons. The molecule has 7 nitrogen and oxygen atoms in total. The Morgan fingerprint density at radius 2 is 1.95 bits per heavy atom. The number of aliphatic carboxylic acids is 1. The average molecular weight is 298 g/mol. The van der Waals surface area contributed by atoms with Crippen molar-refractivity contribution in [3.05, 3.63) is 29.8 Å². The third kappa shape index (κ3) is 3.14. The molecular formula is C12H14N2O5S. The van der Waals surface area contributed by atoms with E-state index in [1.165, 1.54) is 17.0 Å². The molecule has 1 aliphatic rings. The van der Waals surface area contributed by atoms with Crippen molar-refractivity contribution in [2.45, 2.75) is 17.9 Å². The molecule has 1 fully saturated rings. The summed E-state index contributed by atoms with van der Waals surface area (Å²) in [7, 11) is -3.74. The molecular weight excluding hydrogens is 284 g/mol. The van der Waals surface area contributed by atoms with Crippen molar-refractivity contribution in [1.82, 2.24) is 4.90 Å². The molecule has 0 unspecified atom stereocenters. The number of primary sulfonamides is 1. The number of carboxylic acid groups (broad SMARTS) is 1. The van der Waals surface area contributed by atoms with Crippen LogP contribution in [0.1, 0.15) is 12.0 Å². The van der Waals surface area contributed by atoms with Gasteiger partial charge in [-0.2, -0.15) is 0 Å². The van der Waals surface area contributed by atoms with Crippen LogP contribution in [0.4, 0.5) is 0 Å². The van der Waals surface area contributed by atoms with Crippen LogP contribution in [0.3, 0.4) is 0 Å². The molecule has 1 aromatic rings. The molecule has 0 aliphatic carbocycles. The maximum atomic E-state index is 11.7. The van der Waals surface area contributed by atoms with E-state index < -0.39 is 21.9 Å². The minimum Gasteiger partial charge on any atom is -0.481 e. The molecule has 1 heterocycles. The Labute approximate surface area is 116 Å². The molecule has 0 saturated carbocycles. The second kappa shape index (κ2) is 5.22. The summed E-state index contributed by atoms with van der Waals surface area (Å²) in [6.07, 6.45) is 0.00456. The smallest absolute Gasteiger partial charge is 0.308 e. The van der Waals surface area contributed by atoms with Gasteiger partial charge in [0, 0.05) is 19.5 Å². The first kappa shape index (κ1) is 14.5. The first-order valence-corrected chi connectivity index (χ1v) is 7.44. The third-order valence-electron chi connectivity index (χ3n) is 3.19. The number of sulfonamides is 1. The first-order valence-electron chi connectivity index (χ1n) is 5.89. The highest BCUT2D eigenvalue weighted by Crippen LogP contribution is 2.20. The van der Waals surface area contributed by atoms with Gasteiger partial charge >= 0.3 is 5.97 Å². The zero-order valence-corrected chi connectivity index (χ0v) is 11.3. The molecule has 1 saturated heterocycles. The lowest BCUT2D eigenvalue weighted by atomic mass is 10.1. The number of nitrogens with zero attached hydrogens (tertiary/aromatic N) is 1. The highest BCUT2D eigenvalue weighted by Gasteiger charge is 2.34. The van der Waals surface area contributed by atoms with Crippen molar-refractivity contribution in [1.29, 1.82) is 0 Å². The topological polar surface area (TPSA) is 118 Å². The number of amides is 1. The van der Waals surface area contributed by atoms with Gasteiger partial charge in [-0.25, -0.2) is 13.6 Å². The summed E-state index contributed by atoms with van der Waals surface area (Å²) in [5.41, 5.74) is 0.719. The fourth-order valence-electron chi connectivity index (χ4n) is 2.10. The zero-order chi connectivity index (χ0) is 14.9. The number of carbonyl (C=O) groups excluding carboxylic acids is 1. The molecule has 0 aromatic heterocycles. The number of hydrogen-bond acceptors (Lipinski definition) is 4. The van der Waals surface area contributed by atoms with Crippen molar-refractivity contribution >= 4 is 21.9 Å². The van der Waals surface area contributed by atoms with E-state index in [1.54, 1.807) is 12.1 Å². The standard InChI is InChI=1S/C12H14N2O5S/c13-20(18,19)10-3-1-8(2-4-10)6-14-7-9(12(16)17)5-11(14)15/h1-4,9H,5-7H2,(H,16,17)(H2,13,18,19)/t9-/m1/s1. The normalized spacial score (nSPS) is 19.4. The van der Waals surface area contributed by atoms with Crippen LogP contribution in [0.15, 0.2) is 29.2 Å². The van der Waals surface area contributed by atoms with E-state index in [2.05, 4.69) is 0 Å². The van der Waals surface area contributed by atoms with Crippen LogP contribution >= 0.6 is 0 Å². The molecule has 0 bridgehead atoms. The van der Waals surface area contributed by atoms with Gasteiger partial charge in [0.1, 0.15) is 0 Å². The number of benzene rings is 1. The quantitative estimate of drug-likeness (QED) is 0.796. The Bertz CT molecular complexity index is 638. The van der Waals surface area contributed by atoms with Gasteiger partial charge < -0.3 is 10.0 Å². The number of nitrogens with two attached hydrogens (primary N) is 1. The van der Waals surface area contributed by atoms with Crippen molar-refractivity contribution in [2.24, 2.45) is 11.1 Å². The lowest BCUT2D eigenvalue weighted by Gasteiger charge is -2.16. The lowest BCUT2D eigenvalue weighted by Crippen LogP contribution is -2.25. The summed E-state index contributed by atoms with van der Waals surface area (Å²) < 4.78 is 22.2. The Morgan fingerprint density at radius 1 is 1.35 bits per heavy atom. The molecule has 2 rings (SSSR count). The van der Waals surface area contributed by atoms with E-state index in [0.717, 1.165) is 5.56 Å². The Balaban J connectivity index is 2.08. The fraction of sp³-hybridized carbons (Fsp3) is 0.333. The van der Waals surface area contributed by atoms with Crippen LogP contribution in [0, 0.1) is 5.92 Å². The molecule has 8 heteroatoms. The van der Waals surface area contributed by atoms with Gasteiger partial charge in [-0.1, -0.05) is 12.1 Å². The van der Waals surface area contributed by atoms with Gasteiger partial charge in [0.2, 0.25) is 15.9 Å². The monoisotopic (exact) mass is 298 g/mol. The Kier molecular flexibility index (Phi) is 3.78. The van der Waals surface area contributed by atoms with Crippen molar-refractivity contribution < 1.29 is 23.1 Å². The molecule has 3 N–H and O–H groups in total. The molecule has 1 amide bonds. The van der Waals surface area contributed by atoms with Crippen molar-refractivity contribution in [2.75, 3.05) is 6.54 Å². The highest BCUT2D eigenvalue weighted by molar-refractivity contribution is 7.89. The summed E-state index contributed by atoms with van der Waals surface area (Å²) >= 11 is 0. The van der Waals surface area contributed by atoms with E-state index in [-0.39, 0.29) is 30.3 Å². The predicted octanol–water partition coefficient (Wildman–Crippen LogP) is -0.233.